The average molecular weight is 202 g/mol. The van der Waals surface area contributed by atoms with E-state index in [9.17, 15) is 4.79 Å². The fourth-order valence-electron chi connectivity index (χ4n) is 2.01. The van der Waals surface area contributed by atoms with Crippen LogP contribution in [0.2, 0.25) is 0 Å². The van der Waals surface area contributed by atoms with Crippen molar-refractivity contribution >= 4 is 5.91 Å². The molecule has 0 aromatic heterocycles. The van der Waals surface area contributed by atoms with Gasteiger partial charge in [0.15, 0.2) is 0 Å². The van der Waals surface area contributed by atoms with Crippen molar-refractivity contribution in [1.29, 1.82) is 0 Å². The number of rotatable bonds is 1. The van der Waals surface area contributed by atoms with Crippen LogP contribution in [0.3, 0.4) is 0 Å². The Hall–Kier alpha value is -1.31. The smallest absolute Gasteiger partial charge is 0.253 e. The van der Waals surface area contributed by atoms with Crippen molar-refractivity contribution in [3.05, 3.63) is 42.8 Å². The van der Waals surface area contributed by atoms with Crippen molar-refractivity contribution in [3.8, 4) is 0 Å². The molecule has 1 aliphatic rings. The molecule has 0 saturated carbocycles. The first-order valence-corrected chi connectivity index (χ1v) is 5.45. The number of nitrogens with zero attached hydrogens (tertiary/aromatic N) is 1. The molecule has 1 fully saturated rings. The minimum Gasteiger partial charge on any atom is -0.338 e. The third-order valence-electron chi connectivity index (χ3n) is 2.83. The fraction of sp³-hybridized carbons (Fsp3) is 0.385. The van der Waals surface area contributed by atoms with Gasteiger partial charge in [-0.3, -0.25) is 4.79 Å². The van der Waals surface area contributed by atoms with E-state index in [2.05, 4.69) is 6.92 Å². The maximum Gasteiger partial charge on any atom is 0.253 e. The van der Waals surface area contributed by atoms with Crippen molar-refractivity contribution in [2.24, 2.45) is 5.92 Å². The van der Waals surface area contributed by atoms with Crippen molar-refractivity contribution < 1.29 is 4.79 Å². The number of carbonyl (C=O) groups is 1. The van der Waals surface area contributed by atoms with E-state index in [1.807, 2.05) is 35.2 Å². The number of benzene rings is 1. The molecule has 1 saturated heterocycles. The number of amides is 1. The second-order valence-corrected chi connectivity index (χ2v) is 4.13. The van der Waals surface area contributed by atoms with Crippen molar-refractivity contribution in [1.82, 2.24) is 4.90 Å². The number of piperidine rings is 1. The van der Waals surface area contributed by atoms with Crippen LogP contribution < -0.4 is 0 Å². The lowest BCUT2D eigenvalue weighted by molar-refractivity contribution is 0.0694. The molecule has 79 valence electrons. The molecule has 1 amide bonds. The zero-order valence-corrected chi connectivity index (χ0v) is 8.86. The van der Waals surface area contributed by atoms with Crippen molar-refractivity contribution in [2.45, 2.75) is 12.8 Å². The van der Waals surface area contributed by atoms with Gasteiger partial charge in [0.05, 0.1) is 0 Å². The molecule has 1 unspecified atom stereocenters. The van der Waals surface area contributed by atoms with Gasteiger partial charge in [-0.1, -0.05) is 18.2 Å². The Morgan fingerprint density at radius 3 is 2.73 bits per heavy atom. The maximum atomic E-state index is 12.0. The second-order valence-electron chi connectivity index (χ2n) is 4.13. The Kier molecular flexibility index (Phi) is 3.05. The number of likely N-dealkylation sites (tertiary alicyclic amines) is 1. The van der Waals surface area contributed by atoms with E-state index in [0.29, 0.717) is 5.92 Å². The van der Waals surface area contributed by atoms with Crippen LogP contribution in [-0.2, 0) is 0 Å². The number of carbonyl (C=O) groups excluding carboxylic acids is 1. The summed E-state index contributed by atoms with van der Waals surface area (Å²) in [7, 11) is 0. The topological polar surface area (TPSA) is 20.3 Å². The van der Waals surface area contributed by atoms with Crippen molar-refractivity contribution in [3.63, 3.8) is 0 Å². The zero-order valence-electron chi connectivity index (χ0n) is 8.86. The predicted octanol–water partition coefficient (Wildman–Crippen LogP) is 2.37. The average Bonchev–Trinajstić information content (AvgIpc) is 2.29. The Balaban J connectivity index is 2.08. The van der Waals surface area contributed by atoms with Gasteiger partial charge >= 0.3 is 0 Å². The standard InChI is InChI=1S/C13H16NO/c1-11-6-5-9-14(10-11)13(15)12-7-3-2-4-8-12/h2-4,7-8,11H,1,5-6,9-10H2. The summed E-state index contributed by atoms with van der Waals surface area (Å²) in [5.41, 5.74) is 0.784. The molecule has 2 heteroatoms. The molecule has 2 rings (SSSR count). The minimum atomic E-state index is 0.143. The molecule has 0 N–H and O–H groups in total. The first-order chi connectivity index (χ1) is 7.27. The van der Waals surface area contributed by atoms with Crippen LogP contribution in [0.4, 0.5) is 0 Å². The second kappa shape index (κ2) is 4.47. The van der Waals surface area contributed by atoms with Crippen LogP contribution >= 0.6 is 0 Å². The quantitative estimate of drug-likeness (QED) is 0.684. The van der Waals surface area contributed by atoms with E-state index in [1.54, 1.807) is 0 Å². The largest absolute Gasteiger partial charge is 0.338 e. The minimum absolute atomic E-state index is 0.143. The van der Waals surface area contributed by atoms with E-state index < -0.39 is 0 Å². The summed E-state index contributed by atoms with van der Waals surface area (Å²) in [6.45, 7) is 5.70. The van der Waals surface area contributed by atoms with Gasteiger partial charge in [0.1, 0.15) is 0 Å². The molecule has 0 bridgehead atoms. The van der Waals surface area contributed by atoms with E-state index in [1.165, 1.54) is 0 Å². The molecule has 0 aliphatic carbocycles. The summed E-state index contributed by atoms with van der Waals surface area (Å²) >= 11 is 0. The Labute approximate surface area is 90.9 Å². The zero-order chi connectivity index (χ0) is 10.7. The maximum absolute atomic E-state index is 12.0. The van der Waals surface area contributed by atoms with Gasteiger partial charge in [0.2, 0.25) is 0 Å². The molecule has 0 spiro atoms. The molecular weight excluding hydrogens is 186 g/mol. The first kappa shape index (κ1) is 10.2. The normalized spacial score (nSPS) is 21.4. The summed E-state index contributed by atoms with van der Waals surface area (Å²) in [5.74, 6) is 0.537. The lowest BCUT2D eigenvalue weighted by atomic mass is 9.99. The highest BCUT2D eigenvalue weighted by molar-refractivity contribution is 5.94. The van der Waals surface area contributed by atoms with E-state index in [0.717, 1.165) is 31.5 Å². The first-order valence-electron chi connectivity index (χ1n) is 5.45. The molecule has 1 atom stereocenters. The number of hydrogen-bond donors (Lipinski definition) is 0. The lowest BCUT2D eigenvalue weighted by Gasteiger charge is -2.30. The van der Waals surface area contributed by atoms with E-state index >= 15 is 0 Å². The van der Waals surface area contributed by atoms with Gasteiger partial charge in [0, 0.05) is 18.7 Å². The van der Waals surface area contributed by atoms with E-state index in [-0.39, 0.29) is 5.91 Å². The van der Waals surface area contributed by atoms with Crippen LogP contribution in [0.15, 0.2) is 30.3 Å². The third kappa shape index (κ3) is 2.38. The molecule has 15 heavy (non-hydrogen) atoms. The highest BCUT2D eigenvalue weighted by atomic mass is 16.2. The van der Waals surface area contributed by atoms with Gasteiger partial charge in [-0.2, -0.15) is 0 Å². The molecule has 1 aromatic carbocycles. The monoisotopic (exact) mass is 202 g/mol. The van der Waals surface area contributed by atoms with Crippen LogP contribution in [-0.4, -0.2) is 23.9 Å². The lowest BCUT2D eigenvalue weighted by Crippen LogP contribution is -2.39. The van der Waals surface area contributed by atoms with E-state index in [4.69, 9.17) is 0 Å². The fourth-order valence-corrected chi connectivity index (χ4v) is 2.01. The summed E-state index contributed by atoms with van der Waals surface area (Å²) in [6, 6.07) is 9.47. The Morgan fingerprint density at radius 2 is 2.07 bits per heavy atom. The molecule has 1 aromatic rings. The van der Waals surface area contributed by atoms with Gasteiger partial charge in [-0.15, -0.1) is 0 Å². The Morgan fingerprint density at radius 1 is 1.33 bits per heavy atom. The van der Waals surface area contributed by atoms with Gasteiger partial charge in [0.25, 0.3) is 5.91 Å². The van der Waals surface area contributed by atoms with Gasteiger partial charge in [-0.25, -0.2) is 0 Å². The van der Waals surface area contributed by atoms with Gasteiger partial charge in [-0.05, 0) is 37.8 Å². The van der Waals surface area contributed by atoms with Crippen molar-refractivity contribution in [2.75, 3.05) is 13.1 Å². The highest BCUT2D eigenvalue weighted by Gasteiger charge is 2.21. The van der Waals surface area contributed by atoms with Crippen LogP contribution in [0.1, 0.15) is 23.2 Å². The summed E-state index contributed by atoms with van der Waals surface area (Å²) in [5, 5.41) is 0. The van der Waals surface area contributed by atoms with Crippen LogP contribution in [0.25, 0.3) is 0 Å². The van der Waals surface area contributed by atoms with Crippen LogP contribution in [0.5, 0.6) is 0 Å². The summed E-state index contributed by atoms with van der Waals surface area (Å²) in [4.78, 5) is 14.0. The SMILES string of the molecule is [CH2]C1CCCN(C(=O)c2ccccc2)C1. The number of hydrogen-bond acceptors (Lipinski definition) is 1. The summed E-state index contributed by atoms with van der Waals surface area (Å²) < 4.78 is 0. The summed E-state index contributed by atoms with van der Waals surface area (Å²) in [6.07, 6.45) is 2.21. The third-order valence-corrected chi connectivity index (χ3v) is 2.83. The predicted molar refractivity (Wildman–Crippen MR) is 60.4 cm³/mol. The molecule has 1 aliphatic heterocycles. The Bertz CT molecular complexity index is 334. The highest BCUT2D eigenvalue weighted by Crippen LogP contribution is 2.17. The van der Waals surface area contributed by atoms with Crippen LogP contribution in [0, 0.1) is 12.8 Å². The molecule has 1 heterocycles. The molecule has 1 radical (unpaired) electrons. The van der Waals surface area contributed by atoms with Gasteiger partial charge < -0.3 is 4.90 Å². The molecular formula is C13H16NO. The molecule has 2 nitrogen and oxygen atoms in total.